The van der Waals surface area contributed by atoms with Gasteiger partial charge in [-0.1, -0.05) is 38.0 Å². The first kappa shape index (κ1) is 18.4. The number of rotatable bonds is 7. The second-order valence-corrected chi connectivity index (χ2v) is 6.39. The average Bonchev–Trinajstić information content (AvgIpc) is 2.55. The third-order valence-electron chi connectivity index (χ3n) is 4.56. The molecule has 2 rings (SSSR count). The van der Waals surface area contributed by atoms with Gasteiger partial charge in [0.25, 0.3) is 0 Å². The summed E-state index contributed by atoms with van der Waals surface area (Å²) in [5, 5.41) is 10.3. The Hall–Kier alpha value is -1.91. The van der Waals surface area contributed by atoms with Crippen molar-refractivity contribution in [1.29, 1.82) is 0 Å². The van der Waals surface area contributed by atoms with Gasteiger partial charge >= 0.3 is 6.11 Å². The Balaban J connectivity index is 1.93. The summed E-state index contributed by atoms with van der Waals surface area (Å²) >= 11 is 0. The van der Waals surface area contributed by atoms with Crippen LogP contribution in [-0.2, 0) is 4.79 Å². The minimum atomic E-state index is -3.18. The number of carbonyl (C=O) groups is 1. The van der Waals surface area contributed by atoms with Gasteiger partial charge in [0.1, 0.15) is 5.75 Å². The molecule has 1 aromatic rings. The fourth-order valence-electron chi connectivity index (χ4n) is 3.25. The molecule has 0 aromatic heterocycles. The van der Waals surface area contributed by atoms with Crippen LogP contribution in [0, 0.1) is 11.8 Å². The number of carboxylic acid groups (broad SMARTS) is 1. The number of aliphatic carboxylic acids is 1. The lowest BCUT2D eigenvalue weighted by Crippen LogP contribution is -2.37. The van der Waals surface area contributed by atoms with Crippen LogP contribution < -0.4 is 9.84 Å². The number of ether oxygens (including phenoxy) is 1. The first-order valence-corrected chi connectivity index (χ1v) is 8.46. The second kappa shape index (κ2) is 8.27. The van der Waals surface area contributed by atoms with Crippen LogP contribution in [0.3, 0.4) is 0 Å². The highest BCUT2D eigenvalue weighted by atomic mass is 19.3. The molecule has 1 aliphatic rings. The van der Waals surface area contributed by atoms with E-state index in [0.717, 1.165) is 31.8 Å². The lowest BCUT2D eigenvalue weighted by Gasteiger charge is -2.33. The van der Waals surface area contributed by atoms with Crippen LogP contribution in [0.4, 0.5) is 8.78 Å². The van der Waals surface area contributed by atoms with Crippen molar-refractivity contribution in [2.75, 3.05) is 0 Å². The molecule has 0 saturated heterocycles. The summed E-state index contributed by atoms with van der Waals surface area (Å²) in [6.45, 7) is 2.12. The Bertz CT molecular complexity index is 558. The van der Waals surface area contributed by atoms with E-state index in [4.69, 9.17) is 4.74 Å². The summed E-state index contributed by atoms with van der Waals surface area (Å²) in [6.07, 6.45) is 3.91. The highest BCUT2D eigenvalue weighted by Gasteiger charge is 2.43. The molecule has 1 fully saturated rings. The van der Waals surface area contributed by atoms with Crippen molar-refractivity contribution in [3.63, 3.8) is 0 Å². The van der Waals surface area contributed by atoms with Gasteiger partial charge < -0.3 is 14.6 Å². The van der Waals surface area contributed by atoms with Gasteiger partial charge in [0.05, 0.1) is 11.9 Å². The molecule has 0 spiro atoms. The van der Waals surface area contributed by atoms with Gasteiger partial charge in [-0.3, -0.25) is 0 Å². The van der Waals surface area contributed by atoms with Crippen molar-refractivity contribution in [3.05, 3.63) is 35.9 Å². The summed E-state index contributed by atoms with van der Waals surface area (Å²) < 4.78 is 33.6. The maximum atomic E-state index is 14.3. The molecular formula is C19H23F2O3-. The molecule has 1 saturated carbocycles. The molecule has 3 nitrogen and oxygen atoms in total. The normalized spacial score (nSPS) is 21.8. The molecule has 5 heteroatoms. The van der Waals surface area contributed by atoms with E-state index in [-0.39, 0.29) is 5.75 Å². The average molecular weight is 337 g/mol. The van der Waals surface area contributed by atoms with Crippen LogP contribution in [0.25, 0.3) is 6.08 Å². The zero-order valence-electron chi connectivity index (χ0n) is 13.8. The molecule has 0 aliphatic heterocycles. The van der Waals surface area contributed by atoms with E-state index < -0.39 is 18.0 Å². The van der Waals surface area contributed by atoms with E-state index in [1.807, 2.05) is 0 Å². The standard InChI is InChI=1S/C19H24F2O3/c1-2-3-14-4-9-16(10-5-14)19(20,21)24-17-11-6-15(7-12-17)8-13-18(22)23/h6-8,11-14,16H,2-5,9-10H2,1H3,(H,22,23)/p-1. The second-order valence-electron chi connectivity index (χ2n) is 6.39. The summed E-state index contributed by atoms with van der Waals surface area (Å²) in [4.78, 5) is 10.3. The fourth-order valence-corrected chi connectivity index (χ4v) is 3.25. The number of hydrogen-bond acceptors (Lipinski definition) is 3. The van der Waals surface area contributed by atoms with Crippen LogP contribution in [0.1, 0.15) is 51.0 Å². The minimum Gasteiger partial charge on any atom is -0.545 e. The number of carboxylic acids is 1. The van der Waals surface area contributed by atoms with E-state index in [1.165, 1.54) is 30.3 Å². The Morgan fingerprint density at radius 3 is 2.42 bits per heavy atom. The molecule has 0 bridgehead atoms. The lowest BCUT2D eigenvalue weighted by atomic mass is 9.79. The number of carbonyl (C=O) groups excluding carboxylic acids is 1. The van der Waals surface area contributed by atoms with Crippen LogP contribution in [-0.4, -0.2) is 12.1 Å². The Morgan fingerprint density at radius 2 is 1.88 bits per heavy atom. The number of benzene rings is 1. The Labute approximate surface area is 141 Å². The molecule has 1 aliphatic carbocycles. The fraction of sp³-hybridized carbons (Fsp3) is 0.526. The van der Waals surface area contributed by atoms with E-state index in [2.05, 4.69) is 6.92 Å². The van der Waals surface area contributed by atoms with Crippen LogP contribution in [0.2, 0.25) is 0 Å². The van der Waals surface area contributed by atoms with E-state index in [1.54, 1.807) is 0 Å². The smallest absolute Gasteiger partial charge is 0.400 e. The van der Waals surface area contributed by atoms with Crippen molar-refractivity contribution in [2.45, 2.75) is 51.6 Å². The van der Waals surface area contributed by atoms with Gasteiger partial charge in [-0.25, -0.2) is 0 Å². The van der Waals surface area contributed by atoms with E-state index >= 15 is 0 Å². The van der Waals surface area contributed by atoms with Gasteiger partial charge in [-0.15, -0.1) is 0 Å². The van der Waals surface area contributed by atoms with Gasteiger partial charge in [0, 0.05) is 0 Å². The summed E-state index contributed by atoms with van der Waals surface area (Å²) in [6, 6.07) is 5.91. The largest absolute Gasteiger partial charge is 0.545 e. The van der Waals surface area contributed by atoms with Crippen molar-refractivity contribution in [1.82, 2.24) is 0 Å². The zero-order chi connectivity index (χ0) is 17.6. The van der Waals surface area contributed by atoms with E-state index in [0.29, 0.717) is 24.3 Å². The first-order chi connectivity index (χ1) is 11.4. The minimum absolute atomic E-state index is 0.0845. The van der Waals surface area contributed by atoms with Crippen molar-refractivity contribution in [3.8, 4) is 5.75 Å². The third kappa shape index (κ3) is 5.32. The summed E-state index contributed by atoms with van der Waals surface area (Å²) in [5.41, 5.74) is 0.579. The van der Waals surface area contributed by atoms with Crippen LogP contribution in [0.15, 0.2) is 30.3 Å². The number of alkyl halides is 2. The van der Waals surface area contributed by atoms with Crippen molar-refractivity contribution < 1.29 is 23.4 Å². The highest BCUT2D eigenvalue weighted by Crippen LogP contribution is 2.41. The monoisotopic (exact) mass is 337 g/mol. The molecule has 24 heavy (non-hydrogen) atoms. The van der Waals surface area contributed by atoms with Gasteiger partial charge in [0.15, 0.2) is 0 Å². The molecular weight excluding hydrogens is 314 g/mol. The maximum Gasteiger partial charge on any atom is 0.400 e. The van der Waals surface area contributed by atoms with Crippen molar-refractivity contribution >= 4 is 12.0 Å². The predicted octanol–water partition coefficient (Wildman–Crippen LogP) is 4.03. The summed E-state index contributed by atoms with van der Waals surface area (Å²) in [5.74, 6) is -1.40. The molecule has 1 aromatic carbocycles. The van der Waals surface area contributed by atoms with Gasteiger partial charge in [0.2, 0.25) is 0 Å². The third-order valence-corrected chi connectivity index (χ3v) is 4.56. The zero-order valence-corrected chi connectivity index (χ0v) is 13.8. The molecule has 0 N–H and O–H groups in total. The SMILES string of the molecule is CCCC1CCC(C(F)(F)Oc2ccc(C=CC(=O)[O-])cc2)CC1. The molecule has 0 radical (unpaired) electrons. The topological polar surface area (TPSA) is 49.4 Å². The van der Waals surface area contributed by atoms with Crippen molar-refractivity contribution in [2.24, 2.45) is 11.8 Å². The Kier molecular flexibility index (Phi) is 6.35. The lowest BCUT2D eigenvalue weighted by molar-refractivity contribution is -0.297. The number of hydrogen-bond donors (Lipinski definition) is 0. The molecule has 132 valence electrons. The summed E-state index contributed by atoms with van der Waals surface area (Å²) in [7, 11) is 0. The molecule has 0 unspecified atom stereocenters. The quantitative estimate of drug-likeness (QED) is 0.706. The molecule has 0 heterocycles. The maximum absolute atomic E-state index is 14.3. The predicted molar refractivity (Wildman–Crippen MR) is 86.4 cm³/mol. The van der Waals surface area contributed by atoms with Crippen LogP contribution >= 0.6 is 0 Å². The Morgan fingerprint density at radius 1 is 1.25 bits per heavy atom. The first-order valence-electron chi connectivity index (χ1n) is 8.46. The van der Waals surface area contributed by atoms with Gasteiger partial charge in [-0.05, 0) is 55.4 Å². The van der Waals surface area contributed by atoms with Gasteiger partial charge in [-0.2, -0.15) is 8.78 Å². The van der Waals surface area contributed by atoms with Crippen LogP contribution in [0.5, 0.6) is 5.75 Å². The highest BCUT2D eigenvalue weighted by molar-refractivity contribution is 5.83. The number of halogens is 2. The molecule has 0 atom stereocenters. The van der Waals surface area contributed by atoms with E-state index in [9.17, 15) is 18.7 Å². The molecule has 0 amide bonds.